The van der Waals surface area contributed by atoms with Gasteiger partial charge < -0.3 is 4.84 Å². The van der Waals surface area contributed by atoms with Gasteiger partial charge in [-0.25, -0.2) is 0 Å². The predicted molar refractivity (Wildman–Crippen MR) is 61.8 cm³/mol. The third-order valence-electron chi connectivity index (χ3n) is 1.97. The van der Waals surface area contributed by atoms with Crippen molar-refractivity contribution >= 4 is 6.21 Å². The lowest BCUT2D eigenvalue weighted by atomic mass is 10.1. The topological polar surface area (TPSA) is 21.6 Å². The van der Waals surface area contributed by atoms with Gasteiger partial charge in [0.2, 0.25) is 0 Å². The Labute approximate surface area is 90.9 Å². The first kappa shape index (κ1) is 11.3. The molecule has 0 atom stereocenters. The molecule has 2 nitrogen and oxygen atoms in total. The minimum atomic E-state index is 0.442. The zero-order chi connectivity index (χ0) is 10.9. The molecule has 0 aliphatic rings. The third kappa shape index (κ3) is 3.86. The van der Waals surface area contributed by atoms with Crippen molar-refractivity contribution in [1.29, 1.82) is 0 Å². The lowest BCUT2D eigenvalue weighted by Gasteiger charge is -2.00. The standard InChI is InChI=1S/C13H14NO/c1-3-5-10-15-14-11-13-9-7-6-8-12(13)4-2/h1,6-9H,4-5,10H2,2H3. The van der Waals surface area contributed by atoms with Crippen LogP contribution in [0.2, 0.25) is 0 Å². The maximum atomic E-state index is 5.08. The van der Waals surface area contributed by atoms with E-state index in [1.54, 1.807) is 0 Å². The Morgan fingerprint density at radius 3 is 2.93 bits per heavy atom. The van der Waals surface area contributed by atoms with Crippen LogP contribution in [0.25, 0.3) is 0 Å². The molecule has 2 heteroatoms. The van der Waals surface area contributed by atoms with Crippen LogP contribution in [0, 0.1) is 12.3 Å². The Morgan fingerprint density at radius 2 is 2.20 bits per heavy atom. The predicted octanol–water partition coefficient (Wildman–Crippen LogP) is 2.50. The molecule has 0 fully saturated rings. The van der Waals surface area contributed by atoms with Crippen LogP contribution >= 0.6 is 0 Å². The summed E-state index contributed by atoms with van der Waals surface area (Å²) in [6, 6.07) is 7.98. The summed E-state index contributed by atoms with van der Waals surface area (Å²) in [5.74, 6) is 2.48. The molecular weight excluding hydrogens is 186 g/mol. The average Bonchev–Trinajstić information content (AvgIpc) is 2.29. The van der Waals surface area contributed by atoms with Crippen LogP contribution in [-0.2, 0) is 11.3 Å². The maximum Gasteiger partial charge on any atom is 0.139 e. The van der Waals surface area contributed by atoms with E-state index in [0.717, 1.165) is 12.0 Å². The van der Waals surface area contributed by atoms with E-state index in [1.165, 1.54) is 5.56 Å². The minimum Gasteiger partial charge on any atom is -0.394 e. The molecule has 77 valence electrons. The summed E-state index contributed by atoms with van der Waals surface area (Å²) >= 11 is 0. The summed E-state index contributed by atoms with van der Waals surface area (Å²) in [6.07, 6.45) is 9.46. The van der Waals surface area contributed by atoms with Crippen molar-refractivity contribution in [3.05, 3.63) is 35.4 Å². The largest absolute Gasteiger partial charge is 0.394 e. The summed E-state index contributed by atoms with van der Waals surface area (Å²) < 4.78 is 0. The van der Waals surface area contributed by atoms with Gasteiger partial charge in [-0.05, 0) is 12.0 Å². The van der Waals surface area contributed by atoms with E-state index in [-0.39, 0.29) is 0 Å². The number of hydrogen-bond acceptors (Lipinski definition) is 2. The van der Waals surface area contributed by atoms with Gasteiger partial charge in [-0.15, -0.1) is 12.3 Å². The minimum absolute atomic E-state index is 0.442. The number of aryl methyl sites for hydroxylation is 1. The molecule has 0 saturated carbocycles. The van der Waals surface area contributed by atoms with E-state index in [0.29, 0.717) is 13.0 Å². The average molecular weight is 200 g/mol. The molecule has 0 N–H and O–H groups in total. The Kier molecular flexibility index (Phi) is 5.03. The van der Waals surface area contributed by atoms with Gasteiger partial charge in [0.15, 0.2) is 0 Å². The van der Waals surface area contributed by atoms with Gasteiger partial charge in [-0.2, -0.15) is 0 Å². The highest BCUT2D eigenvalue weighted by molar-refractivity contribution is 5.81. The van der Waals surface area contributed by atoms with Gasteiger partial charge in [0.25, 0.3) is 0 Å². The molecule has 1 aromatic rings. The number of hydrogen-bond donors (Lipinski definition) is 0. The van der Waals surface area contributed by atoms with E-state index < -0.39 is 0 Å². The molecular formula is C13H14NO. The van der Waals surface area contributed by atoms with Crippen molar-refractivity contribution in [1.82, 2.24) is 0 Å². The lowest BCUT2D eigenvalue weighted by molar-refractivity contribution is 0.152. The van der Waals surface area contributed by atoms with Crippen LogP contribution in [0.1, 0.15) is 24.5 Å². The molecule has 1 aromatic carbocycles. The molecule has 15 heavy (non-hydrogen) atoms. The third-order valence-corrected chi connectivity index (χ3v) is 1.97. The van der Waals surface area contributed by atoms with Gasteiger partial charge in [-0.1, -0.05) is 36.3 Å². The second-order valence-electron chi connectivity index (χ2n) is 3.00. The highest BCUT2D eigenvalue weighted by atomic mass is 16.6. The SMILES string of the molecule is C#CCCON=[C]c1ccccc1CC. The van der Waals surface area contributed by atoms with Gasteiger partial charge in [-0.3, -0.25) is 0 Å². The number of benzene rings is 1. The van der Waals surface area contributed by atoms with Gasteiger partial charge in [0, 0.05) is 12.0 Å². The van der Waals surface area contributed by atoms with Crippen molar-refractivity contribution in [2.45, 2.75) is 19.8 Å². The first-order valence-electron chi connectivity index (χ1n) is 4.98. The fourth-order valence-corrected chi connectivity index (χ4v) is 1.17. The van der Waals surface area contributed by atoms with Crippen LogP contribution in [0.4, 0.5) is 0 Å². The van der Waals surface area contributed by atoms with E-state index in [9.17, 15) is 0 Å². The zero-order valence-electron chi connectivity index (χ0n) is 8.86. The number of rotatable bonds is 5. The number of nitrogens with zero attached hydrogens (tertiary/aromatic N) is 1. The van der Waals surface area contributed by atoms with Crippen LogP contribution in [0.3, 0.4) is 0 Å². The van der Waals surface area contributed by atoms with Gasteiger partial charge in [0.05, 0.1) is 0 Å². The van der Waals surface area contributed by atoms with E-state index in [2.05, 4.69) is 30.3 Å². The Bertz CT molecular complexity index is 363. The van der Waals surface area contributed by atoms with Crippen molar-refractivity contribution in [2.24, 2.45) is 5.16 Å². The van der Waals surface area contributed by atoms with Crippen molar-refractivity contribution in [3.8, 4) is 12.3 Å². The highest BCUT2D eigenvalue weighted by Crippen LogP contribution is 2.06. The molecule has 0 spiro atoms. The molecule has 0 aliphatic heterocycles. The first-order chi connectivity index (χ1) is 7.38. The second-order valence-corrected chi connectivity index (χ2v) is 3.00. The normalized spacial score (nSPS) is 10.1. The molecule has 0 unspecified atom stereocenters. The summed E-state index contributed by atoms with van der Waals surface area (Å²) in [6.45, 7) is 2.54. The quantitative estimate of drug-likeness (QED) is 0.310. The van der Waals surface area contributed by atoms with Gasteiger partial charge in [0.1, 0.15) is 12.8 Å². The van der Waals surface area contributed by atoms with Gasteiger partial charge >= 0.3 is 0 Å². The van der Waals surface area contributed by atoms with Crippen LogP contribution in [0.15, 0.2) is 29.4 Å². The smallest absolute Gasteiger partial charge is 0.139 e. The Balaban J connectivity index is 2.52. The molecule has 1 rings (SSSR count). The van der Waals surface area contributed by atoms with Crippen molar-refractivity contribution < 1.29 is 4.84 Å². The molecule has 1 radical (unpaired) electrons. The fourth-order valence-electron chi connectivity index (χ4n) is 1.17. The first-order valence-corrected chi connectivity index (χ1v) is 4.98. The molecule has 0 aromatic heterocycles. The maximum absolute atomic E-state index is 5.08. The van der Waals surface area contributed by atoms with Crippen LogP contribution < -0.4 is 0 Å². The Hall–Kier alpha value is -1.75. The summed E-state index contributed by atoms with van der Waals surface area (Å²) in [4.78, 5) is 4.95. The Morgan fingerprint density at radius 1 is 1.40 bits per heavy atom. The van der Waals surface area contributed by atoms with Crippen LogP contribution in [-0.4, -0.2) is 12.8 Å². The van der Waals surface area contributed by atoms with E-state index in [4.69, 9.17) is 11.3 Å². The lowest BCUT2D eigenvalue weighted by Crippen LogP contribution is -1.92. The van der Waals surface area contributed by atoms with Crippen molar-refractivity contribution in [2.75, 3.05) is 6.61 Å². The van der Waals surface area contributed by atoms with E-state index >= 15 is 0 Å². The molecule has 0 aliphatic carbocycles. The molecule has 0 amide bonds. The summed E-state index contributed by atoms with van der Waals surface area (Å²) in [7, 11) is 0. The fraction of sp³-hybridized carbons (Fsp3) is 0.308. The zero-order valence-corrected chi connectivity index (χ0v) is 8.86. The summed E-state index contributed by atoms with van der Waals surface area (Å²) in [5, 5.41) is 3.74. The number of terminal acetylenes is 1. The van der Waals surface area contributed by atoms with Crippen LogP contribution in [0.5, 0.6) is 0 Å². The molecule has 0 saturated heterocycles. The van der Waals surface area contributed by atoms with E-state index in [1.807, 2.05) is 18.2 Å². The highest BCUT2D eigenvalue weighted by Gasteiger charge is 1.96. The van der Waals surface area contributed by atoms with Crippen molar-refractivity contribution in [3.63, 3.8) is 0 Å². The second kappa shape index (κ2) is 6.67. The summed E-state index contributed by atoms with van der Waals surface area (Å²) in [5.41, 5.74) is 2.18. The molecule has 0 heterocycles. The monoisotopic (exact) mass is 200 g/mol. The molecule has 0 bridgehead atoms.